The van der Waals surface area contributed by atoms with E-state index in [0.717, 1.165) is 29.6 Å². The molecular weight excluding hydrogens is 234 g/mol. The highest BCUT2D eigenvalue weighted by atomic mass is 32.1. The molecule has 17 heavy (non-hydrogen) atoms. The van der Waals surface area contributed by atoms with Crippen LogP contribution in [0, 0.1) is 5.92 Å². The monoisotopic (exact) mass is 255 g/mol. The number of hydrazine groups is 1. The fourth-order valence-corrected chi connectivity index (χ4v) is 2.59. The molecule has 0 atom stereocenters. The smallest absolute Gasteiger partial charge is 0.133 e. The zero-order chi connectivity index (χ0) is 12.5. The Morgan fingerprint density at radius 2 is 2.12 bits per heavy atom. The number of rotatable bonds is 4. The zero-order valence-electron chi connectivity index (χ0n) is 10.7. The Hall–Kier alpha value is -0.560. The zero-order valence-corrected chi connectivity index (χ0v) is 11.5. The third kappa shape index (κ3) is 3.45. The highest BCUT2D eigenvalue weighted by Crippen LogP contribution is 2.25. The van der Waals surface area contributed by atoms with Gasteiger partial charge in [0.2, 0.25) is 0 Å². The minimum Gasteiger partial charge on any atom is -0.316 e. The maximum absolute atomic E-state index is 5.98. The van der Waals surface area contributed by atoms with Gasteiger partial charge in [-0.2, -0.15) is 0 Å². The van der Waals surface area contributed by atoms with Gasteiger partial charge in [-0.3, -0.25) is 5.84 Å². The van der Waals surface area contributed by atoms with Crippen LogP contribution in [0.2, 0.25) is 0 Å². The van der Waals surface area contributed by atoms with Gasteiger partial charge in [-0.25, -0.2) is 5.01 Å². The van der Waals surface area contributed by atoms with Gasteiger partial charge in [0.05, 0.1) is 6.54 Å². The van der Waals surface area contributed by atoms with Crippen LogP contribution in [0.4, 0.5) is 0 Å². The Morgan fingerprint density at radius 1 is 1.41 bits per heavy atom. The number of nitrogens with two attached hydrogens (primary N) is 1. The largest absolute Gasteiger partial charge is 0.316 e. The maximum Gasteiger partial charge on any atom is 0.133 e. The Kier molecular flexibility index (Phi) is 3.77. The molecule has 1 saturated heterocycles. The second-order valence-electron chi connectivity index (χ2n) is 5.70. The topological polar surface area (TPSA) is 67.1 Å². The summed E-state index contributed by atoms with van der Waals surface area (Å²) in [6.45, 7) is 10.2. The average molecular weight is 255 g/mol. The average Bonchev–Trinajstić information content (AvgIpc) is 2.59. The molecule has 1 aliphatic rings. The van der Waals surface area contributed by atoms with Crippen LogP contribution in [-0.4, -0.2) is 34.8 Å². The first-order chi connectivity index (χ1) is 7.95. The molecule has 6 heteroatoms. The number of nitrogens with one attached hydrogen (secondary N) is 1. The van der Waals surface area contributed by atoms with E-state index in [1.165, 1.54) is 0 Å². The van der Waals surface area contributed by atoms with E-state index >= 15 is 0 Å². The Balaban J connectivity index is 1.87. The van der Waals surface area contributed by atoms with Crippen molar-refractivity contribution in [1.29, 1.82) is 0 Å². The second kappa shape index (κ2) is 4.97. The summed E-state index contributed by atoms with van der Waals surface area (Å²) in [5, 5.41) is 15.6. The third-order valence-corrected chi connectivity index (χ3v) is 4.14. The van der Waals surface area contributed by atoms with Crippen molar-refractivity contribution in [2.24, 2.45) is 11.8 Å². The molecule has 0 aliphatic carbocycles. The normalized spacial score (nSPS) is 17.5. The molecule has 0 bridgehead atoms. The van der Waals surface area contributed by atoms with Gasteiger partial charge >= 0.3 is 0 Å². The van der Waals surface area contributed by atoms with Gasteiger partial charge in [-0.1, -0.05) is 32.1 Å². The first-order valence-electron chi connectivity index (χ1n) is 5.98. The highest BCUT2D eigenvalue weighted by Gasteiger charge is 2.22. The highest BCUT2D eigenvalue weighted by molar-refractivity contribution is 7.11. The van der Waals surface area contributed by atoms with Crippen LogP contribution in [0.3, 0.4) is 0 Å². The van der Waals surface area contributed by atoms with E-state index in [9.17, 15) is 0 Å². The summed E-state index contributed by atoms with van der Waals surface area (Å²) < 4.78 is 0. The van der Waals surface area contributed by atoms with Crippen LogP contribution >= 0.6 is 11.3 Å². The van der Waals surface area contributed by atoms with E-state index < -0.39 is 0 Å². The molecule has 2 rings (SSSR count). The van der Waals surface area contributed by atoms with Crippen molar-refractivity contribution in [3.8, 4) is 0 Å². The third-order valence-electron chi connectivity index (χ3n) is 2.81. The van der Waals surface area contributed by atoms with Crippen LogP contribution in [0.25, 0.3) is 0 Å². The summed E-state index contributed by atoms with van der Waals surface area (Å²) in [5.74, 6) is 6.67. The predicted molar refractivity (Wildman–Crippen MR) is 69.6 cm³/mol. The van der Waals surface area contributed by atoms with Crippen molar-refractivity contribution in [2.45, 2.75) is 32.7 Å². The van der Waals surface area contributed by atoms with Gasteiger partial charge in [0.15, 0.2) is 0 Å². The van der Waals surface area contributed by atoms with Crippen LogP contribution < -0.4 is 11.2 Å². The van der Waals surface area contributed by atoms with E-state index in [2.05, 4.69) is 36.3 Å². The predicted octanol–water partition coefficient (Wildman–Crippen LogP) is 0.731. The Bertz CT molecular complexity index is 366. The van der Waals surface area contributed by atoms with Crippen molar-refractivity contribution >= 4 is 11.3 Å². The minimum atomic E-state index is 0.0766. The number of hydrogen-bond donors (Lipinski definition) is 2. The Labute approximate surface area is 106 Å². The maximum atomic E-state index is 5.98. The lowest BCUT2D eigenvalue weighted by molar-refractivity contribution is 0.189. The number of nitrogens with zero attached hydrogens (tertiary/aromatic N) is 3. The molecule has 5 nitrogen and oxygen atoms in total. The molecule has 1 fully saturated rings. The van der Waals surface area contributed by atoms with Gasteiger partial charge in [-0.15, -0.1) is 10.2 Å². The SMILES string of the molecule is CC(C)(C)c1nnc(CN(N)CC2CNC2)s1. The van der Waals surface area contributed by atoms with E-state index in [4.69, 9.17) is 5.84 Å². The Morgan fingerprint density at radius 3 is 2.59 bits per heavy atom. The van der Waals surface area contributed by atoms with Crippen molar-refractivity contribution in [2.75, 3.05) is 19.6 Å². The van der Waals surface area contributed by atoms with E-state index in [1.807, 2.05) is 5.01 Å². The van der Waals surface area contributed by atoms with E-state index in [-0.39, 0.29) is 5.41 Å². The van der Waals surface area contributed by atoms with Crippen molar-refractivity contribution in [1.82, 2.24) is 20.5 Å². The second-order valence-corrected chi connectivity index (χ2v) is 6.77. The van der Waals surface area contributed by atoms with Crippen molar-refractivity contribution in [3.63, 3.8) is 0 Å². The first kappa shape index (κ1) is 12.9. The molecule has 96 valence electrons. The van der Waals surface area contributed by atoms with E-state index in [0.29, 0.717) is 12.5 Å². The standard InChI is InChI=1S/C11H21N5S/c1-11(2,3)10-15-14-9(17-10)7-16(12)6-8-4-13-5-8/h8,13H,4-7,12H2,1-3H3. The van der Waals surface area contributed by atoms with Gasteiger partial charge in [0, 0.05) is 25.0 Å². The minimum absolute atomic E-state index is 0.0766. The lowest BCUT2D eigenvalue weighted by Gasteiger charge is -2.30. The number of hydrogen-bond acceptors (Lipinski definition) is 6. The summed E-state index contributed by atoms with van der Waals surface area (Å²) in [5.41, 5.74) is 0.0766. The quantitative estimate of drug-likeness (QED) is 0.613. The fourth-order valence-electron chi connectivity index (χ4n) is 1.67. The molecule has 1 aromatic heterocycles. The molecule has 0 amide bonds. The molecule has 2 heterocycles. The van der Waals surface area contributed by atoms with Gasteiger partial charge < -0.3 is 5.32 Å². The van der Waals surface area contributed by atoms with Crippen LogP contribution in [0.15, 0.2) is 0 Å². The first-order valence-corrected chi connectivity index (χ1v) is 6.80. The lowest BCUT2D eigenvalue weighted by atomic mass is 9.98. The summed E-state index contributed by atoms with van der Waals surface area (Å²) in [7, 11) is 0. The molecule has 0 aromatic carbocycles. The van der Waals surface area contributed by atoms with Crippen molar-refractivity contribution in [3.05, 3.63) is 10.0 Å². The molecule has 0 unspecified atom stereocenters. The van der Waals surface area contributed by atoms with Gasteiger partial charge in [0.25, 0.3) is 0 Å². The van der Waals surface area contributed by atoms with Crippen LogP contribution in [-0.2, 0) is 12.0 Å². The molecule has 3 N–H and O–H groups in total. The number of aromatic nitrogens is 2. The summed E-state index contributed by atoms with van der Waals surface area (Å²) in [4.78, 5) is 0. The molecule has 1 aliphatic heterocycles. The molecule has 0 spiro atoms. The van der Waals surface area contributed by atoms with Gasteiger partial charge in [-0.05, 0) is 5.92 Å². The lowest BCUT2D eigenvalue weighted by Crippen LogP contribution is -2.49. The molecular formula is C11H21N5S. The summed E-state index contributed by atoms with van der Waals surface area (Å²) in [6, 6.07) is 0. The summed E-state index contributed by atoms with van der Waals surface area (Å²) >= 11 is 1.66. The molecule has 0 saturated carbocycles. The molecule has 1 aromatic rings. The van der Waals surface area contributed by atoms with Crippen molar-refractivity contribution < 1.29 is 0 Å². The van der Waals surface area contributed by atoms with Gasteiger partial charge in [0.1, 0.15) is 10.0 Å². The van der Waals surface area contributed by atoms with Crippen LogP contribution in [0.1, 0.15) is 30.8 Å². The molecule has 0 radical (unpaired) electrons. The summed E-state index contributed by atoms with van der Waals surface area (Å²) in [6.07, 6.45) is 0. The van der Waals surface area contributed by atoms with Crippen LogP contribution in [0.5, 0.6) is 0 Å². The fraction of sp³-hybridized carbons (Fsp3) is 0.818. The van der Waals surface area contributed by atoms with E-state index in [1.54, 1.807) is 11.3 Å².